The normalized spacial score (nSPS) is 11.7. The Labute approximate surface area is 269 Å². The fourth-order valence-electron chi connectivity index (χ4n) is 4.90. The Hall–Kier alpha value is -4.54. The van der Waals surface area contributed by atoms with Gasteiger partial charge in [-0.05, 0) is 60.5 Å². The van der Waals surface area contributed by atoms with Gasteiger partial charge in [0.2, 0.25) is 11.8 Å². The molecule has 0 aliphatic carbocycles. The maximum absolute atomic E-state index is 14.5. The monoisotopic (exact) mass is 649 g/mol. The quantitative estimate of drug-likeness (QED) is 0.198. The highest BCUT2D eigenvalue weighted by molar-refractivity contribution is 7.92. The first-order valence-corrected chi connectivity index (χ1v) is 16.1. The molecule has 1 N–H and O–H groups in total. The van der Waals surface area contributed by atoms with Gasteiger partial charge in [0.15, 0.2) is 0 Å². The summed E-state index contributed by atoms with van der Waals surface area (Å²) in [7, 11) is -1.36. The summed E-state index contributed by atoms with van der Waals surface area (Å²) in [6.07, 6.45) is 0.203. The van der Waals surface area contributed by atoms with Crippen molar-refractivity contribution in [2.45, 2.75) is 30.8 Å². The van der Waals surface area contributed by atoms with E-state index in [1.807, 2.05) is 36.4 Å². The topological polar surface area (TPSA) is 105 Å². The van der Waals surface area contributed by atoms with Crippen molar-refractivity contribution in [1.29, 1.82) is 0 Å². The van der Waals surface area contributed by atoms with Crippen LogP contribution in [0.15, 0.2) is 108 Å². The van der Waals surface area contributed by atoms with Gasteiger partial charge in [0.25, 0.3) is 10.0 Å². The van der Waals surface area contributed by atoms with Crippen LogP contribution < -0.4 is 19.1 Å². The molecule has 0 bridgehead atoms. The van der Waals surface area contributed by atoms with Gasteiger partial charge in [-0.15, -0.1) is 0 Å². The number of sulfonamides is 1. The first-order chi connectivity index (χ1) is 21.7. The number of carbonyl (C=O) groups is 2. The molecule has 0 fully saturated rings. The van der Waals surface area contributed by atoms with E-state index >= 15 is 0 Å². The molecule has 0 saturated carbocycles. The van der Waals surface area contributed by atoms with Gasteiger partial charge < -0.3 is 19.7 Å². The number of ether oxygens (including phenoxy) is 2. The lowest BCUT2D eigenvalue weighted by atomic mass is 10.0. The van der Waals surface area contributed by atoms with E-state index in [1.165, 1.54) is 36.3 Å². The molecule has 1 atom stereocenters. The summed E-state index contributed by atoms with van der Waals surface area (Å²) in [6, 6.07) is 27.9. The average Bonchev–Trinajstić information content (AvgIpc) is 3.06. The summed E-state index contributed by atoms with van der Waals surface area (Å²) in [6.45, 7) is 1.52. The molecular formula is C34H36ClN3O6S. The van der Waals surface area contributed by atoms with Gasteiger partial charge >= 0.3 is 0 Å². The van der Waals surface area contributed by atoms with Crippen LogP contribution in [0.5, 0.6) is 11.5 Å². The number of nitrogens with zero attached hydrogens (tertiary/aromatic N) is 2. The van der Waals surface area contributed by atoms with E-state index in [9.17, 15) is 18.0 Å². The van der Waals surface area contributed by atoms with Crippen molar-refractivity contribution in [2.75, 3.05) is 31.6 Å². The summed E-state index contributed by atoms with van der Waals surface area (Å²) in [5.74, 6) is -0.188. The predicted octanol–water partition coefficient (Wildman–Crippen LogP) is 5.33. The Kier molecular flexibility index (Phi) is 11.5. The van der Waals surface area contributed by atoms with Crippen molar-refractivity contribution < 1.29 is 27.5 Å². The Morgan fingerprint density at radius 3 is 2.16 bits per heavy atom. The molecule has 2 amide bonds. The van der Waals surface area contributed by atoms with E-state index < -0.39 is 28.5 Å². The van der Waals surface area contributed by atoms with Crippen molar-refractivity contribution in [3.63, 3.8) is 0 Å². The van der Waals surface area contributed by atoms with Crippen LogP contribution in [0.25, 0.3) is 0 Å². The van der Waals surface area contributed by atoms with Gasteiger partial charge in [-0.25, -0.2) is 8.42 Å². The summed E-state index contributed by atoms with van der Waals surface area (Å²) in [5, 5.41) is 3.10. The number of nitrogens with one attached hydrogen (secondary N) is 1. The molecule has 0 unspecified atom stereocenters. The number of anilines is 1. The number of hydrogen-bond donors (Lipinski definition) is 1. The van der Waals surface area contributed by atoms with Gasteiger partial charge in [0.1, 0.15) is 24.1 Å². The number of methoxy groups -OCH3 is 2. The Balaban J connectivity index is 1.84. The van der Waals surface area contributed by atoms with Crippen LogP contribution in [0.2, 0.25) is 5.02 Å². The molecule has 0 aliphatic rings. The third-order valence-electron chi connectivity index (χ3n) is 7.13. The minimum absolute atomic E-state index is 0.0105. The maximum Gasteiger partial charge on any atom is 0.264 e. The number of benzene rings is 4. The van der Waals surface area contributed by atoms with Crippen molar-refractivity contribution >= 4 is 39.1 Å². The summed E-state index contributed by atoms with van der Waals surface area (Å²) in [4.78, 5) is 29.5. The van der Waals surface area contributed by atoms with E-state index in [1.54, 1.807) is 56.5 Å². The standard InChI is InChI=1S/C34H36ClN3O6S/c1-4-36-34(40)31(21-25-12-7-5-8-13-25)37(23-26-14-11-15-28(20-26)43-2)33(39)24-38(30-22-27(35)18-19-32(30)44-3)45(41,42)29-16-9-6-10-17-29/h5-20,22,31H,4,21,23-24H2,1-3H3,(H,36,40)/t31-/m0/s1. The van der Waals surface area contributed by atoms with Crippen LogP contribution >= 0.6 is 11.6 Å². The third-order valence-corrected chi connectivity index (χ3v) is 9.14. The van der Waals surface area contributed by atoms with Crippen LogP contribution in [-0.4, -0.2) is 58.5 Å². The average molecular weight is 650 g/mol. The largest absolute Gasteiger partial charge is 0.497 e. The maximum atomic E-state index is 14.5. The van der Waals surface area contributed by atoms with Gasteiger partial charge in [0, 0.05) is 24.5 Å². The van der Waals surface area contributed by atoms with Gasteiger partial charge in [-0.2, -0.15) is 0 Å². The Morgan fingerprint density at radius 1 is 0.844 bits per heavy atom. The highest BCUT2D eigenvalue weighted by Crippen LogP contribution is 2.35. The summed E-state index contributed by atoms with van der Waals surface area (Å²) in [5.41, 5.74) is 1.62. The van der Waals surface area contributed by atoms with Crippen LogP contribution in [0, 0.1) is 0 Å². The molecule has 0 heterocycles. The van der Waals surface area contributed by atoms with Gasteiger partial charge in [-0.3, -0.25) is 13.9 Å². The molecule has 9 nitrogen and oxygen atoms in total. The molecule has 236 valence electrons. The molecule has 0 aliphatic heterocycles. The fraction of sp³-hybridized carbons (Fsp3) is 0.235. The lowest BCUT2D eigenvalue weighted by molar-refractivity contribution is -0.140. The van der Waals surface area contributed by atoms with Crippen LogP contribution in [0.1, 0.15) is 18.1 Å². The second kappa shape index (κ2) is 15.5. The number of hydrogen-bond acceptors (Lipinski definition) is 6. The SMILES string of the molecule is CCNC(=O)[C@H](Cc1ccccc1)N(Cc1cccc(OC)c1)C(=O)CN(c1cc(Cl)ccc1OC)S(=O)(=O)c1ccccc1. The van der Waals surface area contributed by atoms with Crippen LogP contribution in [-0.2, 0) is 32.6 Å². The second-order valence-electron chi connectivity index (χ2n) is 10.1. The highest BCUT2D eigenvalue weighted by atomic mass is 35.5. The first kappa shape index (κ1) is 33.4. The zero-order valence-electron chi connectivity index (χ0n) is 25.4. The number of likely N-dealkylation sites (N-methyl/N-ethyl adjacent to an activating group) is 1. The Morgan fingerprint density at radius 2 is 1.51 bits per heavy atom. The summed E-state index contributed by atoms with van der Waals surface area (Å²) >= 11 is 6.33. The van der Waals surface area contributed by atoms with Crippen molar-refractivity contribution in [3.8, 4) is 11.5 Å². The van der Waals surface area contributed by atoms with E-state index in [0.717, 1.165) is 9.87 Å². The lowest BCUT2D eigenvalue weighted by Gasteiger charge is -2.34. The van der Waals surface area contributed by atoms with E-state index in [4.69, 9.17) is 21.1 Å². The molecule has 4 aromatic carbocycles. The van der Waals surface area contributed by atoms with Crippen LogP contribution in [0.3, 0.4) is 0 Å². The molecule has 0 saturated heterocycles. The second-order valence-corrected chi connectivity index (χ2v) is 12.4. The molecule has 45 heavy (non-hydrogen) atoms. The number of amides is 2. The molecule has 11 heteroatoms. The summed E-state index contributed by atoms with van der Waals surface area (Å²) < 4.78 is 40.2. The molecule has 4 rings (SSSR count). The van der Waals surface area contributed by atoms with Crippen molar-refractivity contribution in [1.82, 2.24) is 10.2 Å². The fourth-order valence-corrected chi connectivity index (χ4v) is 6.51. The van der Waals surface area contributed by atoms with Gasteiger partial charge in [0.05, 0.1) is 24.8 Å². The predicted molar refractivity (Wildman–Crippen MR) is 175 cm³/mol. The zero-order chi connectivity index (χ0) is 32.4. The molecule has 4 aromatic rings. The van der Waals surface area contributed by atoms with Crippen molar-refractivity contribution in [3.05, 3.63) is 119 Å². The van der Waals surface area contributed by atoms with E-state index in [-0.39, 0.29) is 40.2 Å². The number of halogens is 1. The van der Waals surface area contributed by atoms with E-state index in [0.29, 0.717) is 17.9 Å². The molecule has 0 spiro atoms. The lowest BCUT2D eigenvalue weighted by Crippen LogP contribution is -2.53. The number of carbonyl (C=O) groups excluding carboxylic acids is 2. The van der Waals surface area contributed by atoms with E-state index in [2.05, 4.69) is 5.32 Å². The molecule has 0 radical (unpaired) electrons. The Bertz CT molecular complexity index is 1700. The molecule has 0 aromatic heterocycles. The van der Waals surface area contributed by atoms with Crippen molar-refractivity contribution in [2.24, 2.45) is 0 Å². The zero-order valence-corrected chi connectivity index (χ0v) is 26.9. The smallest absolute Gasteiger partial charge is 0.264 e. The third kappa shape index (κ3) is 8.34. The minimum atomic E-state index is -4.30. The minimum Gasteiger partial charge on any atom is -0.497 e. The number of rotatable bonds is 14. The van der Waals surface area contributed by atoms with Crippen LogP contribution in [0.4, 0.5) is 5.69 Å². The van der Waals surface area contributed by atoms with Gasteiger partial charge in [-0.1, -0.05) is 72.3 Å². The molecular weight excluding hydrogens is 614 g/mol. The first-order valence-electron chi connectivity index (χ1n) is 14.3. The highest BCUT2D eigenvalue weighted by Gasteiger charge is 2.35.